The fraction of sp³-hybridized carbons (Fsp3) is 0.211. The lowest BCUT2D eigenvalue weighted by Crippen LogP contribution is -2.45. The number of benzene rings is 2. The summed E-state index contributed by atoms with van der Waals surface area (Å²) in [6.07, 6.45) is 0. The van der Waals surface area contributed by atoms with Crippen LogP contribution in [0.4, 0.5) is 5.69 Å². The van der Waals surface area contributed by atoms with Gasteiger partial charge in [-0.3, -0.25) is 19.3 Å². The Morgan fingerprint density at radius 2 is 1.60 bits per heavy atom. The van der Waals surface area contributed by atoms with Crippen molar-refractivity contribution in [3.63, 3.8) is 0 Å². The minimum atomic E-state index is -0.943. The number of anilines is 1. The molecule has 6 nitrogen and oxygen atoms in total. The van der Waals surface area contributed by atoms with Crippen LogP contribution in [0.5, 0.6) is 5.75 Å². The Morgan fingerprint density at radius 1 is 1.04 bits per heavy atom. The first kappa shape index (κ1) is 16.7. The van der Waals surface area contributed by atoms with E-state index < -0.39 is 23.8 Å². The van der Waals surface area contributed by atoms with Gasteiger partial charge >= 0.3 is 0 Å². The van der Waals surface area contributed by atoms with Crippen LogP contribution < -0.4 is 10.1 Å². The molecule has 0 aromatic heterocycles. The van der Waals surface area contributed by atoms with E-state index in [1.807, 2.05) is 6.92 Å². The minimum absolute atomic E-state index is 0.321. The van der Waals surface area contributed by atoms with Crippen molar-refractivity contribution in [2.24, 2.45) is 0 Å². The van der Waals surface area contributed by atoms with E-state index in [1.165, 1.54) is 6.92 Å². The molecule has 128 valence electrons. The van der Waals surface area contributed by atoms with E-state index in [4.69, 9.17) is 4.74 Å². The summed E-state index contributed by atoms with van der Waals surface area (Å²) < 4.78 is 5.47. The Morgan fingerprint density at radius 3 is 2.20 bits per heavy atom. The third kappa shape index (κ3) is 2.98. The number of para-hydroxylation sites is 2. The van der Waals surface area contributed by atoms with Crippen LogP contribution in [0.15, 0.2) is 48.5 Å². The summed E-state index contributed by atoms with van der Waals surface area (Å²) in [5.74, 6) is -0.836. The molecule has 0 unspecified atom stereocenters. The molecule has 1 aliphatic heterocycles. The van der Waals surface area contributed by atoms with Crippen molar-refractivity contribution in [3.05, 3.63) is 59.7 Å². The number of ether oxygens (including phenoxy) is 1. The van der Waals surface area contributed by atoms with Gasteiger partial charge in [0.05, 0.1) is 23.4 Å². The largest absolute Gasteiger partial charge is 0.492 e. The quantitative estimate of drug-likeness (QED) is 0.851. The van der Waals surface area contributed by atoms with Crippen molar-refractivity contribution in [2.75, 3.05) is 11.9 Å². The molecular weight excluding hydrogens is 320 g/mol. The maximum absolute atomic E-state index is 12.6. The van der Waals surface area contributed by atoms with Crippen LogP contribution in [-0.4, -0.2) is 35.3 Å². The van der Waals surface area contributed by atoms with E-state index in [-0.39, 0.29) is 0 Å². The van der Waals surface area contributed by atoms with Crippen molar-refractivity contribution in [1.29, 1.82) is 0 Å². The van der Waals surface area contributed by atoms with Crippen molar-refractivity contribution in [2.45, 2.75) is 19.9 Å². The second kappa shape index (κ2) is 6.76. The van der Waals surface area contributed by atoms with Crippen LogP contribution in [-0.2, 0) is 4.79 Å². The van der Waals surface area contributed by atoms with Gasteiger partial charge in [0.1, 0.15) is 11.8 Å². The number of carbonyl (C=O) groups is 3. The van der Waals surface area contributed by atoms with Crippen LogP contribution in [0.1, 0.15) is 34.6 Å². The molecule has 6 heteroatoms. The molecule has 0 bridgehead atoms. The minimum Gasteiger partial charge on any atom is -0.492 e. The van der Waals surface area contributed by atoms with Crippen molar-refractivity contribution in [1.82, 2.24) is 4.90 Å². The van der Waals surface area contributed by atoms with Gasteiger partial charge in [0.25, 0.3) is 11.8 Å². The molecule has 2 aromatic carbocycles. The molecule has 2 aromatic rings. The summed E-state index contributed by atoms with van der Waals surface area (Å²) in [5, 5.41) is 2.73. The van der Waals surface area contributed by atoms with Gasteiger partial charge in [-0.1, -0.05) is 24.3 Å². The Kier molecular flexibility index (Phi) is 4.52. The zero-order chi connectivity index (χ0) is 18.0. The first-order chi connectivity index (χ1) is 12.0. The third-order valence-corrected chi connectivity index (χ3v) is 4.04. The molecule has 0 spiro atoms. The van der Waals surface area contributed by atoms with Crippen molar-refractivity contribution >= 4 is 23.4 Å². The van der Waals surface area contributed by atoms with E-state index in [0.29, 0.717) is 29.2 Å². The average molecular weight is 338 g/mol. The summed E-state index contributed by atoms with van der Waals surface area (Å²) in [5.41, 5.74) is 1.14. The van der Waals surface area contributed by atoms with Crippen LogP contribution in [0.3, 0.4) is 0 Å². The van der Waals surface area contributed by atoms with Gasteiger partial charge in [-0.25, -0.2) is 0 Å². The SMILES string of the molecule is CCOc1ccccc1NC(=O)[C@@H](C)N1C(=O)c2ccccc2C1=O. The molecular formula is C19H18N2O4. The number of fused-ring (bicyclic) bond motifs is 1. The highest BCUT2D eigenvalue weighted by atomic mass is 16.5. The molecule has 1 atom stereocenters. The predicted octanol–water partition coefficient (Wildman–Crippen LogP) is 2.71. The summed E-state index contributed by atoms with van der Waals surface area (Å²) in [6.45, 7) is 3.83. The van der Waals surface area contributed by atoms with Gasteiger partial charge in [-0.2, -0.15) is 0 Å². The summed E-state index contributed by atoms with van der Waals surface area (Å²) in [7, 11) is 0. The number of amides is 3. The van der Waals surface area contributed by atoms with Crippen molar-refractivity contribution < 1.29 is 19.1 Å². The van der Waals surface area contributed by atoms with Gasteiger partial charge in [-0.15, -0.1) is 0 Å². The van der Waals surface area contributed by atoms with Crippen LogP contribution >= 0.6 is 0 Å². The highest BCUT2D eigenvalue weighted by Gasteiger charge is 2.40. The van der Waals surface area contributed by atoms with Crippen LogP contribution in [0.2, 0.25) is 0 Å². The molecule has 3 rings (SSSR count). The van der Waals surface area contributed by atoms with E-state index in [0.717, 1.165) is 4.90 Å². The highest BCUT2D eigenvalue weighted by Crippen LogP contribution is 2.27. The standard InChI is InChI=1S/C19H18N2O4/c1-3-25-16-11-7-6-10-15(16)20-17(22)12(2)21-18(23)13-8-4-5-9-14(13)19(21)24/h4-12H,3H2,1-2H3,(H,20,22)/t12-/m1/s1. The molecule has 0 fully saturated rings. The van der Waals surface area contributed by atoms with Crippen LogP contribution in [0, 0.1) is 0 Å². The maximum Gasteiger partial charge on any atom is 0.262 e. The first-order valence-corrected chi connectivity index (χ1v) is 8.04. The zero-order valence-corrected chi connectivity index (χ0v) is 14.0. The first-order valence-electron chi connectivity index (χ1n) is 8.04. The monoisotopic (exact) mass is 338 g/mol. The van der Waals surface area contributed by atoms with E-state index in [1.54, 1.807) is 48.5 Å². The molecule has 1 N–H and O–H groups in total. The number of hydrogen-bond acceptors (Lipinski definition) is 4. The number of carbonyl (C=O) groups excluding carboxylic acids is 3. The molecule has 25 heavy (non-hydrogen) atoms. The Hall–Kier alpha value is -3.15. The molecule has 0 aliphatic carbocycles. The van der Waals surface area contributed by atoms with Crippen LogP contribution in [0.25, 0.3) is 0 Å². The summed E-state index contributed by atoms with van der Waals surface area (Å²) >= 11 is 0. The van der Waals surface area contributed by atoms with Gasteiger partial charge in [-0.05, 0) is 38.1 Å². The average Bonchev–Trinajstić information content (AvgIpc) is 2.87. The van der Waals surface area contributed by atoms with Gasteiger partial charge < -0.3 is 10.1 Å². The lowest BCUT2D eigenvalue weighted by molar-refractivity contribution is -0.119. The number of nitrogens with zero attached hydrogens (tertiary/aromatic N) is 1. The van der Waals surface area contributed by atoms with Gasteiger partial charge in [0.2, 0.25) is 5.91 Å². The molecule has 1 heterocycles. The Labute approximate surface area is 145 Å². The highest BCUT2D eigenvalue weighted by molar-refractivity contribution is 6.23. The lowest BCUT2D eigenvalue weighted by Gasteiger charge is -2.22. The van der Waals surface area contributed by atoms with Crippen molar-refractivity contribution in [3.8, 4) is 5.75 Å². The predicted molar refractivity (Wildman–Crippen MR) is 92.6 cm³/mol. The molecule has 1 aliphatic rings. The fourth-order valence-electron chi connectivity index (χ4n) is 2.77. The Bertz CT molecular complexity index is 812. The Balaban J connectivity index is 1.80. The summed E-state index contributed by atoms with van der Waals surface area (Å²) in [6, 6.07) is 12.6. The van der Waals surface area contributed by atoms with Gasteiger partial charge in [0.15, 0.2) is 0 Å². The lowest BCUT2D eigenvalue weighted by atomic mass is 10.1. The molecule has 3 amide bonds. The smallest absolute Gasteiger partial charge is 0.262 e. The zero-order valence-electron chi connectivity index (χ0n) is 14.0. The van der Waals surface area contributed by atoms with Gasteiger partial charge in [0, 0.05) is 0 Å². The number of imide groups is 1. The van der Waals surface area contributed by atoms with E-state index >= 15 is 0 Å². The molecule has 0 saturated heterocycles. The maximum atomic E-state index is 12.6. The van der Waals surface area contributed by atoms with E-state index in [2.05, 4.69) is 5.32 Å². The topological polar surface area (TPSA) is 75.7 Å². The van der Waals surface area contributed by atoms with E-state index in [9.17, 15) is 14.4 Å². The summed E-state index contributed by atoms with van der Waals surface area (Å²) in [4.78, 5) is 38.5. The second-order valence-electron chi connectivity index (χ2n) is 5.62. The number of nitrogens with one attached hydrogen (secondary N) is 1. The second-order valence-corrected chi connectivity index (χ2v) is 5.62. The normalized spacial score (nSPS) is 14.2. The number of hydrogen-bond donors (Lipinski definition) is 1. The molecule has 0 radical (unpaired) electrons. The fourth-order valence-corrected chi connectivity index (χ4v) is 2.77. The number of rotatable bonds is 5. The molecule has 0 saturated carbocycles. The third-order valence-electron chi connectivity index (χ3n) is 4.04.